The Morgan fingerprint density at radius 2 is 1.89 bits per heavy atom. The van der Waals surface area contributed by atoms with E-state index < -0.39 is 6.04 Å². The topological polar surface area (TPSA) is 81.4 Å². The number of nitrogens with one attached hydrogen (secondary N) is 1. The highest BCUT2D eigenvalue weighted by molar-refractivity contribution is 5.84. The molecule has 0 spiro atoms. The van der Waals surface area contributed by atoms with Crippen LogP contribution in [0.15, 0.2) is 0 Å². The van der Waals surface area contributed by atoms with Gasteiger partial charge in [-0.05, 0) is 31.7 Å². The first-order chi connectivity index (χ1) is 8.51. The number of unbranched alkanes of at least 4 members (excludes halogenated alkanes) is 2. The number of hydrogen-bond acceptors (Lipinski definition) is 4. The molecule has 5 nitrogen and oxygen atoms in total. The Labute approximate surface area is 109 Å². The summed E-state index contributed by atoms with van der Waals surface area (Å²) in [6.45, 7) is 4.66. The summed E-state index contributed by atoms with van der Waals surface area (Å²) in [6.07, 6.45) is 3.71. The molecule has 0 fully saturated rings. The van der Waals surface area contributed by atoms with Gasteiger partial charge in [-0.2, -0.15) is 0 Å². The van der Waals surface area contributed by atoms with Crippen LogP contribution in [0.3, 0.4) is 0 Å². The number of esters is 1. The third kappa shape index (κ3) is 8.06. The zero-order valence-corrected chi connectivity index (χ0v) is 11.7. The minimum absolute atomic E-state index is 0.0944. The van der Waals surface area contributed by atoms with E-state index in [2.05, 4.69) is 10.1 Å². The molecular formula is C13H26N2O3. The number of carbonyl (C=O) groups is 2. The second kappa shape index (κ2) is 9.88. The summed E-state index contributed by atoms with van der Waals surface area (Å²) in [6, 6.07) is -0.531. The molecule has 0 saturated carbocycles. The van der Waals surface area contributed by atoms with Crippen molar-refractivity contribution in [2.45, 2.75) is 52.0 Å². The first-order valence-electron chi connectivity index (χ1n) is 6.58. The van der Waals surface area contributed by atoms with E-state index in [1.807, 2.05) is 13.8 Å². The molecule has 3 N–H and O–H groups in total. The maximum absolute atomic E-state index is 11.7. The Morgan fingerprint density at radius 3 is 2.39 bits per heavy atom. The van der Waals surface area contributed by atoms with Crippen LogP contribution in [0.1, 0.15) is 46.0 Å². The highest BCUT2D eigenvalue weighted by Crippen LogP contribution is 2.07. The van der Waals surface area contributed by atoms with Crippen molar-refractivity contribution >= 4 is 11.9 Å². The van der Waals surface area contributed by atoms with Gasteiger partial charge in [-0.25, -0.2) is 4.79 Å². The first kappa shape index (κ1) is 16.9. The van der Waals surface area contributed by atoms with Crippen LogP contribution in [-0.2, 0) is 14.3 Å². The van der Waals surface area contributed by atoms with Crippen LogP contribution < -0.4 is 11.1 Å². The lowest BCUT2D eigenvalue weighted by molar-refractivity contribution is -0.145. The molecule has 0 heterocycles. The molecule has 0 radical (unpaired) electrons. The number of nitrogens with two attached hydrogens (primary N) is 1. The average molecular weight is 258 g/mol. The van der Waals surface area contributed by atoms with E-state index in [0.29, 0.717) is 25.3 Å². The van der Waals surface area contributed by atoms with Crippen molar-refractivity contribution in [3.8, 4) is 0 Å². The van der Waals surface area contributed by atoms with Gasteiger partial charge in [0.05, 0.1) is 7.11 Å². The minimum atomic E-state index is -0.531. The third-order valence-electron chi connectivity index (χ3n) is 2.64. The van der Waals surface area contributed by atoms with Crippen molar-refractivity contribution < 1.29 is 14.3 Å². The van der Waals surface area contributed by atoms with Crippen molar-refractivity contribution in [3.05, 3.63) is 0 Å². The summed E-state index contributed by atoms with van der Waals surface area (Å²) in [4.78, 5) is 23.2. The van der Waals surface area contributed by atoms with Gasteiger partial charge in [0.15, 0.2) is 0 Å². The van der Waals surface area contributed by atoms with Gasteiger partial charge in [0.1, 0.15) is 6.04 Å². The molecule has 0 aromatic heterocycles. The SMILES string of the molecule is COC(=O)[C@H](CC(C)C)NC(=O)CCCCCN. The zero-order chi connectivity index (χ0) is 14.0. The smallest absolute Gasteiger partial charge is 0.328 e. The van der Waals surface area contributed by atoms with E-state index in [4.69, 9.17) is 5.73 Å². The molecule has 0 saturated heterocycles. The molecule has 1 atom stereocenters. The molecule has 5 heteroatoms. The Balaban J connectivity index is 4.06. The second-order valence-corrected chi connectivity index (χ2v) is 4.87. The maximum atomic E-state index is 11.7. The maximum Gasteiger partial charge on any atom is 0.328 e. The van der Waals surface area contributed by atoms with Crippen LogP contribution >= 0.6 is 0 Å². The fourth-order valence-corrected chi connectivity index (χ4v) is 1.70. The van der Waals surface area contributed by atoms with Gasteiger partial charge in [-0.15, -0.1) is 0 Å². The van der Waals surface area contributed by atoms with Crippen molar-refractivity contribution in [1.29, 1.82) is 0 Å². The number of methoxy groups -OCH3 is 1. The van der Waals surface area contributed by atoms with Crippen LogP contribution in [0.25, 0.3) is 0 Å². The number of amides is 1. The Kier molecular flexibility index (Phi) is 9.28. The predicted octanol–water partition coefficient (Wildman–Crippen LogP) is 1.21. The van der Waals surface area contributed by atoms with Gasteiger partial charge >= 0.3 is 5.97 Å². The van der Waals surface area contributed by atoms with E-state index >= 15 is 0 Å². The molecule has 1 amide bonds. The third-order valence-corrected chi connectivity index (χ3v) is 2.64. The zero-order valence-electron chi connectivity index (χ0n) is 11.7. The van der Waals surface area contributed by atoms with Gasteiger partial charge in [0, 0.05) is 6.42 Å². The van der Waals surface area contributed by atoms with Crippen LogP contribution in [-0.4, -0.2) is 31.6 Å². The highest BCUT2D eigenvalue weighted by atomic mass is 16.5. The molecule has 0 aliphatic rings. The lowest BCUT2D eigenvalue weighted by atomic mass is 10.0. The van der Waals surface area contributed by atoms with Gasteiger partial charge in [-0.1, -0.05) is 20.3 Å². The summed E-state index contributed by atoms with van der Waals surface area (Å²) in [5.74, 6) is -0.145. The molecule has 0 unspecified atom stereocenters. The summed E-state index contributed by atoms with van der Waals surface area (Å²) in [5.41, 5.74) is 5.38. The Bertz CT molecular complexity index is 255. The van der Waals surface area contributed by atoms with Gasteiger partial charge in [-0.3, -0.25) is 4.79 Å². The molecule has 18 heavy (non-hydrogen) atoms. The van der Waals surface area contributed by atoms with Gasteiger partial charge < -0.3 is 15.8 Å². The average Bonchev–Trinajstić information content (AvgIpc) is 2.32. The van der Waals surface area contributed by atoms with Gasteiger partial charge in [0.2, 0.25) is 5.91 Å². The number of rotatable bonds is 9. The summed E-state index contributed by atoms with van der Waals surface area (Å²) in [5, 5.41) is 2.73. The standard InChI is InChI=1S/C13H26N2O3/c1-10(2)9-11(13(17)18-3)15-12(16)7-5-4-6-8-14/h10-11H,4-9,14H2,1-3H3,(H,15,16)/t11-/m0/s1. The quantitative estimate of drug-likeness (QED) is 0.481. The molecular weight excluding hydrogens is 232 g/mol. The monoisotopic (exact) mass is 258 g/mol. The molecule has 0 aromatic carbocycles. The molecule has 0 aromatic rings. The second-order valence-electron chi connectivity index (χ2n) is 4.87. The Morgan fingerprint density at radius 1 is 1.22 bits per heavy atom. The minimum Gasteiger partial charge on any atom is -0.467 e. The fourth-order valence-electron chi connectivity index (χ4n) is 1.70. The molecule has 106 valence electrons. The Hall–Kier alpha value is -1.10. The van der Waals surface area contributed by atoms with Crippen molar-refractivity contribution in [1.82, 2.24) is 5.32 Å². The van der Waals surface area contributed by atoms with Crippen LogP contribution in [0, 0.1) is 5.92 Å². The highest BCUT2D eigenvalue weighted by Gasteiger charge is 2.22. The predicted molar refractivity (Wildman–Crippen MR) is 70.9 cm³/mol. The van der Waals surface area contributed by atoms with E-state index in [1.54, 1.807) is 0 Å². The lowest BCUT2D eigenvalue weighted by Gasteiger charge is -2.18. The molecule has 0 aliphatic heterocycles. The molecule has 0 bridgehead atoms. The van der Waals surface area contributed by atoms with Crippen LogP contribution in [0.5, 0.6) is 0 Å². The van der Waals surface area contributed by atoms with E-state index in [1.165, 1.54) is 7.11 Å². The number of hydrogen-bond donors (Lipinski definition) is 2. The summed E-state index contributed by atoms with van der Waals surface area (Å²) < 4.78 is 4.69. The number of ether oxygens (including phenoxy) is 1. The molecule has 0 aliphatic carbocycles. The van der Waals surface area contributed by atoms with E-state index in [-0.39, 0.29) is 11.9 Å². The fraction of sp³-hybridized carbons (Fsp3) is 0.846. The van der Waals surface area contributed by atoms with E-state index in [9.17, 15) is 9.59 Å². The first-order valence-corrected chi connectivity index (χ1v) is 6.58. The van der Waals surface area contributed by atoms with Crippen molar-refractivity contribution in [3.63, 3.8) is 0 Å². The van der Waals surface area contributed by atoms with Crippen LogP contribution in [0.2, 0.25) is 0 Å². The van der Waals surface area contributed by atoms with Gasteiger partial charge in [0.25, 0.3) is 0 Å². The van der Waals surface area contributed by atoms with Crippen molar-refractivity contribution in [2.24, 2.45) is 11.7 Å². The van der Waals surface area contributed by atoms with Crippen LogP contribution in [0.4, 0.5) is 0 Å². The summed E-state index contributed by atoms with van der Waals surface area (Å²) in [7, 11) is 1.34. The van der Waals surface area contributed by atoms with Crippen molar-refractivity contribution in [2.75, 3.05) is 13.7 Å². The normalized spacial score (nSPS) is 12.3. The summed E-state index contributed by atoms with van der Waals surface area (Å²) >= 11 is 0. The molecule has 0 rings (SSSR count). The lowest BCUT2D eigenvalue weighted by Crippen LogP contribution is -2.42. The largest absolute Gasteiger partial charge is 0.467 e. The van der Waals surface area contributed by atoms with E-state index in [0.717, 1.165) is 19.3 Å². The number of carbonyl (C=O) groups excluding carboxylic acids is 2.